The molecule has 0 fully saturated rings. The first-order valence-corrected chi connectivity index (χ1v) is 8.32. The van der Waals surface area contributed by atoms with Gasteiger partial charge in [0.2, 0.25) is 5.43 Å². The van der Waals surface area contributed by atoms with Crippen molar-refractivity contribution in [2.24, 2.45) is 7.05 Å². The van der Waals surface area contributed by atoms with Crippen molar-refractivity contribution in [2.45, 2.75) is 11.1 Å². The Morgan fingerprint density at radius 1 is 1.17 bits per heavy atom. The Labute approximate surface area is 141 Å². The lowest BCUT2D eigenvalue weighted by Gasteiger charge is -2.13. The van der Waals surface area contributed by atoms with Crippen LogP contribution in [0.25, 0.3) is 11.3 Å². The van der Waals surface area contributed by atoms with Crippen molar-refractivity contribution in [3.8, 4) is 11.3 Å². The molecule has 1 aromatic carbocycles. The van der Waals surface area contributed by atoms with E-state index in [9.17, 15) is 22.2 Å². The van der Waals surface area contributed by atoms with E-state index < -0.39 is 28.1 Å². The number of rotatable bonds is 2. The summed E-state index contributed by atoms with van der Waals surface area (Å²) in [5, 5.41) is 3.81. The zero-order valence-corrected chi connectivity index (χ0v) is 14.1. The second-order valence-corrected chi connectivity index (χ2v) is 6.74. The molecule has 10 heteroatoms. The maximum Gasteiger partial charge on any atom is 0.433 e. The molecule has 23 heavy (non-hydrogen) atoms. The summed E-state index contributed by atoms with van der Waals surface area (Å²) in [5.41, 5.74) is -2.35. The van der Waals surface area contributed by atoms with E-state index in [-0.39, 0.29) is 26.2 Å². The van der Waals surface area contributed by atoms with Gasteiger partial charge in [-0.25, -0.2) is 0 Å². The number of hydrogen-bond acceptors (Lipinski definition) is 3. The van der Waals surface area contributed by atoms with Gasteiger partial charge in [0.1, 0.15) is 11.4 Å². The monoisotopic (exact) mass is 384 g/mol. The average Bonchev–Trinajstić information content (AvgIpc) is 2.39. The lowest BCUT2D eigenvalue weighted by molar-refractivity contribution is -0.144. The fourth-order valence-corrected chi connectivity index (χ4v) is 3.34. The van der Waals surface area contributed by atoms with E-state index in [0.29, 0.717) is 10.7 Å². The van der Waals surface area contributed by atoms with Crippen LogP contribution in [-0.2, 0) is 24.0 Å². The van der Waals surface area contributed by atoms with Crippen LogP contribution in [0.3, 0.4) is 0 Å². The number of nitrogens with zero attached hydrogens (tertiary/aromatic N) is 2. The number of halogens is 5. The summed E-state index contributed by atoms with van der Waals surface area (Å²) in [6.45, 7) is 0. The lowest BCUT2D eigenvalue weighted by atomic mass is 10.1. The Morgan fingerprint density at radius 2 is 1.78 bits per heavy atom. The normalized spacial score (nSPS) is 13.2. The molecule has 0 radical (unpaired) electrons. The minimum Gasteiger partial charge on any atom is -0.287 e. The molecular weight excluding hydrogens is 376 g/mol. The van der Waals surface area contributed by atoms with Crippen molar-refractivity contribution in [3.05, 3.63) is 44.2 Å². The first kappa shape index (κ1) is 18.0. The maximum atomic E-state index is 12.8. The Morgan fingerprint density at radius 3 is 2.30 bits per heavy atom. The quantitative estimate of drug-likeness (QED) is 0.795. The fourth-order valence-electron chi connectivity index (χ4n) is 1.92. The van der Waals surface area contributed by atoms with Gasteiger partial charge in [0.15, 0.2) is 0 Å². The van der Waals surface area contributed by atoms with Crippen LogP contribution in [0.4, 0.5) is 13.2 Å². The predicted molar refractivity (Wildman–Crippen MR) is 82.3 cm³/mol. The molecule has 0 aliphatic rings. The number of aromatic nitrogens is 2. The third-order valence-electron chi connectivity index (χ3n) is 2.98. The summed E-state index contributed by atoms with van der Waals surface area (Å²) >= 11 is 11.9. The molecule has 4 nitrogen and oxygen atoms in total. The van der Waals surface area contributed by atoms with Gasteiger partial charge in [-0.3, -0.25) is 13.7 Å². The van der Waals surface area contributed by atoms with Crippen LogP contribution in [0, 0.1) is 0 Å². The maximum absolute atomic E-state index is 12.8. The molecule has 0 aliphatic carbocycles. The number of aryl methyl sites for hydroxylation is 1. The largest absolute Gasteiger partial charge is 0.433 e. The molecule has 1 aromatic heterocycles. The first-order chi connectivity index (χ1) is 10.5. The minimum atomic E-state index is -4.71. The third kappa shape index (κ3) is 3.59. The standard InChI is InChI=1S/C13H9Cl2F3N2O2S/c1-20-11(13(16,17)18)5-9(21)12(19-20)6-3-10(23(2)22)8(15)4-7(6)14/h3-5H,1-2H3. The molecule has 2 aromatic rings. The molecule has 0 amide bonds. The third-order valence-corrected chi connectivity index (χ3v) is 4.67. The van der Waals surface area contributed by atoms with E-state index in [4.69, 9.17) is 23.2 Å². The molecule has 1 unspecified atom stereocenters. The summed E-state index contributed by atoms with van der Waals surface area (Å²) in [6, 6.07) is 3.00. The van der Waals surface area contributed by atoms with Gasteiger partial charge >= 0.3 is 6.18 Å². The predicted octanol–water partition coefficient (Wildman–Crippen LogP) is 3.51. The van der Waals surface area contributed by atoms with Crippen molar-refractivity contribution < 1.29 is 17.4 Å². The van der Waals surface area contributed by atoms with E-state index >= 15 is 0 Å². The molecule has 0 saturated heterocycles. The smallest absolute Gasteiger partial charge is 0.287 e. The van der Waals surface area contributed by atoms with E-state index in [1.807, 2.05) is 0 Å². The SMILES string of the molecule is Cn1nc(-c2cc(S(C)=O)c(Cl)cc2Cl)c(=O)cc1C(F)(F)F. The second kappa shape index (κ2) is 6.26. The average molecular weight is 385 g/mol. The van der Waals surface area contributed by atoms with E-state index in [0.717, 1.165) is 7.05 Å². The molecule has 0 spiro atoms. The highest BCUT2D eigenvalue weighted by molar-refractivity contribution is 7.84. The highest BCUT2D eigenvalue weighted by Crippen LogP contribution is 2.33. The van der Waals surface area contributed by atoms with Gasteiger partial charge in [-0.1, -0.05) is 23.2 Å². The molecule has 1 heterocycles. The molecule has 0 bridgehead atoms. The topological polar surface area (TPSA) is 52.0 Å². The van der Waals surface area contributed by atoms with Crippen molar-refractivity contribution in [1.82, 2.24) is 9.78 Å². The second-order valence-electron chi connectivity index (χ2n) is 4.58. The summed E-state index contributed by atoms with van der Waals surface area (Å²) < 4.78 is 50.5. The van der Waals surface area contributed by atoms with Gasteiger partial charge in [-0.2, -0.15) is 18.3 Å². The van der Waals surface area contributed by atoms with Crippen molar-refractivity contribution in [3.63, 3.8) is 0 Å². The van der Waals surface area contributed by atoms with Crippen LogP contribution >= 0.6 is 23.2 Å². The lowest BCUT2D eigenvalue weighted by Crippen LogP contribution is -2.22. The zero-order chi connectivity index (χ0) is 17.5. The van der Waals surface area contributed by atoms with Crippen molar-refractivity contribution in [2.75, 3.05) is 6.26 Å². The van der Waals surface area contributed by atoms with Crippen LogP contribution in [0.1, 0.15) is 5.69 Å². The van der Waals surface area contributed by atoms with Crippen LogP contribution in [0.5, 0.6) is 0 Å². The Kier molecular flexibility index (Phi) is 4.89. The van der Waals surface area contributed by atoms with Gasteiger partial charge in [0.05, 0.1) is 25.7 Å². The number of hydrogen-bond donors (Lipinski definition) is 0. The molecule has 1 atom stereocenters. The zero-order valence-electron chi connectivity index (χ0n) is 11.7. The van der Waals surface area contributed by atoms with Crippen LogP contribution in [0.2, 0.25) is 10.0 Å². The fraction of sp³-hybridized carbons (Fsp3) is 0.231. The van der Waals surface area contributed by atoms with Crippen molar-refractivity contribution in [1.29, 1.82) is 0 Å². The Hall–Kier alpha value is -1.38. The number of benzene rings is 1. The Bertz CT molecular complexity index is 866. The van der Waals surface area contributed by atoms with E-state index in [2.05, 4.69) is 5.10 Å². The summed E-state index contributed by atoms with van der Waals surface area (Å²) in [7, 11) is -0.407. The van der Waals surface area contributed by atoms with Gasteiger partial charge in [0, 0.05) is 24.9 Å². The van der Waals surface area contributed by atoms with Gasteiger partial charge in [-0.15, -0.1) is 0 Å². The molecule has 0 aliphatic heterocycles. The van der Waals surface area contributed by atoms with Gasteiger partial charge in [0.25, 0.3) is 0 Å². The summed E-state index contributed by atoms with van der Waals surface area (Å²) in [5.74, 6) is 0. The molecule has 124 valence electrons. The molecule has 0 N–H and O–H groups in total. The van der Waals surface area contributed by atoms with Crippen LogP contribution < -0.4 is 5.43 Å². The highest BCUT2D eigenvalue weighted by Gasteiger charge is 2.34. The Balaban J connectivity index is 2.74. The van der Waals surface area contributed by atoms with E-state index in [1.54, 1.807) is 0 Å². The minimum absolute atomic E-state index is 0.0218. The molecular formula is C13H9Cl2F3N2O2S. The highest BCUT2D eigenvalue weighted by atomic mass is 35.5. The number of alkyl halides is 3. The van der Waals surface area contributed by atoms with Crippen molar-refractivity contribution >= 4 is 34.0 Å². The van der Waals surface area contributed by atoms with Gasteiger partial charge < -0.3 is 0 Å². The molecule has 2 rings (SSSR count). The van der Waals surface area contributed by atoms with E-state index in [1.165, 1.54) is 18.4 Å². The van der Waals surface area contributed by atoms with Crippen LogP contribution in [-0.4, -0.2) is 20.2 Å². The molecule has 0 saturated carbocycles. The summed E-state index contributed by atoms with van der Waals surface area (Å²) in [6.07, 6.45) is -3.34. The summed E-state index contributed by atoms with van der Waals surface area (Å²) in [4.78, 5) is 12.2. The van der Waals surface area contributed by atoms with Crippen LogP contribution in [0.15, 0.2) is 27.9 Å². The van der Waals surface area contributed by atoms with Gasteiger partial charge in [-0.05, 0) is 12.1 Å². The first-order valence-electron chi connectivity index (χ1n) is 6.00.